The molecule has 0 radical (unpaired) electrons. The number of hydrogen-bond acceptors (Lipinski definition) is 3. The normalized spacial score (nSPS) is 20.7. The number of thiol groups is 1. The van der Waals surface area contributed by atoms with Crippen molar-refractivity contribution in [1.82, 2.24) is 9.80 Å². The number of amides is 1. The van der Waals surface area contributed by atoms with E-state index in [1.807, 2.05) is 11.8 Å². The molecule has 15 heavy (non-hydrogen) atoms. The molecule has 4 heteroatoms. The van der Waals surface area contributed by atoms with Crippen LogP contribution < -0.4 is 0 Å². The fourth-order valence-corrected chi connectivity index (χ4v) is 2.28. The maximum absolute atomic E-state index is 11.7. The minimum absolute atomic E-state index is 0.157. The Hall–Kier alpha value is -0.220. The molecule has 0 aromatic heterocycles. The highest BCUT2D eigenvalue weighted by molar-refractivity contribution is 7.81. The highest BCUT2D eigenvalue weighted by Crippen LogP contribution is 2.18. The minimum Gasteiger partial charge on any atom is -0.342 e. The van der Waals surface area contributed by atoms with Gasteiger partial charge in [0.2, 0.25) is 5.91 Å². The van der Waals surface area contributed by atoms with Crippen LogP contribution in [0.4, 0.5) is 0 Å². The van der Waals surface area contributed by atoms with Crippen LogP contribution in [-0.2, 0) is 4.79 Å². The smallest absolute Gasteiger partial charge is 0.235 e. The van der Waals surface area contributed by atoms with Crippen LogP contribution in [0.2, 0.25) is 0 Å². The zero-order valence-electron chi connectivity index (χ0n) is 9.94. The van der Waals surface area contributed by atoms with E-state index >= 15 is 0 Å². The molecule has 0 saturated carbocycles. The van der Waals surface area contributed by atoms with Crippen LogP contribution >= 0.6 is 12.6 Å². The maximum atomic E-state index is 11.7. The highest BCUT2D eigenvalue weighted by atomic mass is 32.1. The summed E-state index contributed by atoms with van der Waals surface area (Å²) in [5.41, 5.74) is 0. The number of carbonyl (C=O) groups excluding carboxylic acids is 1. The Morgan fingerprint density at radius 1 is 1.47 bits per heavy atom. The maximum Gasteiger partial charge on any atom is 0.235 e. The predicted molar refractivity (Wildman–Crippen MR) is 66.3 cm³/mol. The standard InChI is InChI=1S/C11H22N2OS/c1-9(15)11(14)13-6-4-10(5-7-13)8-12(2)3/h9-10,15H,4-8H2,1-3H3. The highest BCUT2D eigenvalue weighted by Gasteiger charge is 2.24. The second kappa shape index (κ2) is 5.75. The summed E-state index contributed by atoms with van der Waals surface area (Å²) in [6.45, 7) is 4.79. The lowest BCUT2D eigenvalue weighted by Gasteiger charge is -2.34. The monoisotopic (exact) mass is 230 g/mol. The number of hydrogen-bond donors (Lipinski definition) is 1. The molecule has 0 aromatic carbocycles. The van der Waals surface area contributed by atoms with Crippen molar-refractivity contribution in [2.75, 3.05) is 33.7 Å². The molecule has 1 amide bonds. The first-order valence-electron chi connectivity index (χ1n) is 5.62. The SMILES string of the molecule is CC(S)C(=O)N1CCC(CN(C)C)CC1. The average Bonchev–Trinajstić information content (AvgIpc) is 2.17. The van der Waals surface area contributed by atoms with Gasteiger partial charge in [-0.25, -0.2) is 0 Å². The summed E-state index contributed by atoms with van der Waals surface area (Å²) in [5, 5.41) is -0.157. The Kier molecular flexibility index (Phi) is 4.93. The minimum atomic E-state index is -0.157. The summed E-state index contributed by atoms with van der Waals surface area (Å²) in [6, 6.07) is 0. The Bertz CT molecular complexity index is 211. The van der Waals surface area contributed by atoms with E-state index in [0.29, 0.717) is 0 Å². The van der Waals surface area contributed by atoms with Crippen LogP contribution in [-0.4, -0.2) is 54.7 Å². The fourth-order valence-electron chi connectivity index (χ4n) is 2.12. The van der Waals surface area contributed by atoms with Crippen LogP contribution in [0.15, 0.2) is 0 Å². The topological polar surface area (TPSA) is 23.6 Å². The van der Waals surface area contributed by atoms with Gasteiger partial charge < -0.3 is 9.80 Å². The molecule has 1 fully saturated rings. The van der Waals surface area contributed by atoms with E-state index in [-0.39, 0.29) is 11.2 Å². The summed E-state index contributed by atoms with van der Waals surface area (Å²) >= 11 is 4.18. The van der Waals surface area contributed by atoms with Gasteiger partial charge in [0, 0.05) is 19.6 Å². The molecule has 0 bridgehead atoms. The van der Waals surface area contributed by atoms with E-state index in [1.54, 1.807) is 0 Å². The molecule has 1 aliphatic rings. The van der Waals surface area contributed by atoms with Crippen molar-refractivity contribution in [2.45, 2.75) is 25.0 Å². The van der Waals surface area contributed by atoms with Gasteiger partial charge in [-0.05, 0) is 39.8 Å². The molecule has 1 unspecified atom stereocenters. The Morgan fingerprint density at radius 3 is 2.40 bits per heavy atom. The first kappa shape index (κ1) is 12.8. The lowest BCUT2D eigenvalue weighted by atomic mass is 9.96. The third-order valence-corrected chi connectivity index (χ3v) is 3.13. The second-order valence-electron chi connectivity index (χ2n) is 4.71. The van der Waals surface area contributed by atoms with Gasteiger partial charge in [-0.2, -0.15) is 12.6 Å². The molecule has 0 spiro atoms. The summed E-state index contributed by atoms with van der Waals surface area (Å²) < 4.78 is 0. The van der Waals surface area contributed by atoms with Crippen LogP contribution in [0.25, 0.3) is 0 Å². The van der Waals surface area contributed by atoms with Gasteiger partial charge in [0.15, 0.2) is 0 Å². The Balaban J connectivity index is 2.32. The van der Waals surface area contributed by atoms with Crippen molar-refractivity contribution in [3.05, 3.63) is 0 Å². The van der Waals surface area contributed by atoms with Crippen LogP contribution in [0.3, 0.4) is 0 Å². The second-order valence-corrected chi connectivity index (χ2v) is 5.48. The molecule has 1 heterocycles. The lowest BCUT2D eigenvalue weighted by Crippen LogP contribution is -2.43. The molecule has 0 aliphatic carbocycles. The van der Waals surface area contributed by atoms with Crippen LogP contribution in [0, 0.1) is 5.92 Å². The van der Waals surface area contributed by atoms with Gasteiger partial charge >= 0.3 is 0 Å². The zero-order chi connectivity index (χ0) is 11.4. The number of piperidine rings is 1. The number of rotatable bonds is 3. The number of nitrogens with zero attached hydrogens (tertiary/aromatic N) is 2. The van der Waals surface area contributed by atoms with Gasteiger partial charge in [-0.15, -0.1) is 0 Å². The zero-order valence-corrected chi connectivity index (χ0v) is 10.8. The van der Waals surface area contributed by atoms with Crippen LogP contribution in [0.5, 0.6) is 0 Å². The number of likely N-dealkylation sites (tertiary alicyclic amines) is 1. The predicted octanol–water partition coefficient (Wildman–Crippen LogP) is 1.10. The van der Waals surface area contributed by atoms with Gasteiger partial charge in [-0.3, -0.25) is 4.79 Å². The van der Waals surface area contributed by atoms with Crippen molar-refractivity contribution >= 4 is 18.5 Å². The van der Waals surface area contributed by atoms with E-state index in [4.69, 9.17) is 0 Å². The number of carbonyl (C=O) groups is 1. The third-order valence-electron chi connectivity index (χ3n) is 2.91. The molecule has 88 valence electrons. The van der Waals surface area contributed by atoms with Crippen molar-refractivity contribution in [2.24, 2.45) is 5.92 Å². The molecular weight excluding hydrogens is 208 g/mol. The summed E-state index contributed by atoms with van der Waals surface area (Å²) in [7, 11) is 4.21. The van der Waals surface area contributed by atoms with Gasteiger partial charge in [0.05, 0.1) is 5.25 Å². The molecule has 1 rings (SSSR count). The molecule has 0 N–H and O–H groups in total. The Morgan fingerprint density at radius 2 is 2.00 bits per heavy atom. The van der Waals surface area contributed by atoms with Crippen molar-refractivity contribution < 1.29 is 4.79 Å². The average molecular weight is 230 g/mol. The summed E-state index contributed by atoms with van der Waals surface area (Å²) in [5.74, 6) is 0.931. The third kappa shape index (κ3) is 4.03. The molecule has 3 nitrogen and oxygen atoms in total. The summed E-state index contributed by atoms with van der Waals surface area (Å²) in [6.07, 6.45) is 2.26. The van der Waals surface area contributed by atoms with Gasteiger partial charge in [-0.1, -0.05) is 0 Å². The van der Waals surface area contributed by atoms with Gasteiger partial charge in [0.25, 0.3) is 0 Å². The van der Waals surface area contributed by atoms with E-state index in [2.05, 4.69) is 31.6 Å². The molecule has 1 aliphatic heterocycles. The van der Waals surface area contributed by atoms with Gasteiger partial charge in [0.1, 0.15) is 0 Å². The van der Waals surface area contributed by atoms with Crippen molar-refractivity contribution in [1.29, 1.82) is 0 Å². The fraction of sp³-hybridized carbons (Fsp3) is 0.909. The van der Waals surface area contributed by atoms with E-state index in [9.17, 15) is 4.79 Å². The van der Waals surface area contributed by atoms with Crippen molar-refractivity contribution in [3.63, 3.8) is 0 Å². The van der Waals surface area contributed by atoms with E-state index < -0.39 is 0 Å². The molecule has 1 atom stereocenters. The first-order chi connectivity index (χ1) is 7.00. The quantitative estimate of drug-likeness (QED) is 0.734. The molecular formula is C11H22N2OS. The summed E-state index contributed by atoms with van der Waals surface area (Å²) in [4.78, 5) is 15.8. The van der Waals surface area contributed by atoms with Crippen molar-refractivity contribution in [3.8, 4) is 0 Å². The van der Waals surface area contributed by atoms with Crippen LogP contribution in [0.1, 0.15) is 19.8 Å². The molecule has 0 aromatic rings. The van der Waals surface area contributed by atoms with E-state index in [0.717, 1.165) is 38.4 Å². The Labute approximate surface area is 98.2 Å². The largest absolute Gasteiger partial charge is 0.342 e. The molecule has 1 saturated heterocycles. The first-order valence-corrected chi connectivity index (χ1v) is 6.14. The van der Waals surface area contributed by atoms with E-state index in [1.165, 1.54) is 0 Å². The lowest BCUT2D eigenvalue weighted by molar-refractivity contribution is -0.131.